The number of methoxy groups -OCH3 is 1. The summed E-state index contributed by atoms with van der Waals surface area (Å²) in [6.45, 7) is 0.556. The van der Waals surface area contributed by atoms with Crippen molar-refractivity contribution >= 4 is 31.4 Å². The van der Waals surface area contributed by atoms with Crippen LogP contribution in [0.2, 0.25) is 0 Å². The number of hydrogen-bond acceptors (Lipinski definition) is 5. The van der Waals surface area contributed by atoms with E-state index in [0.29, 0.717) is 30.6 Å². The third-order valence-electron chi connectivity index (χ3n) is 2.46. The average Bonchev–Trinajstić information content (AvgIpc) is 2.36. The Morgan fingerprint density at radius 1 is 1.32 bits per heavy atom. The summed E-state index contributed by atoms with van der Waals surface area (Å²) in [6, 6.07) is 6.98. The van der Waals surface area contributed by atoms with E-state index in [-0.39, 0.29) is 5.75 Å². The Labute approximate surface area is 117 Å². The molecule has 1 rings (SSSR count). The van der Waals surface area contributed by atoms with E-state index in [4.69, 9.17) is 10.7 Å². The van der Waals surface area contributed by atoms with Crippen molar-refractivity contribution in [3.8, 4) is 0 Å². The van der Waals surface area contributed by atoms with Crippen molar-refractivity contribution < 1.29 is 17.9 Å². The Balaban J connectivity index is 2.47. The van der Waals surface area contributed by atoms with Crippen LogP contribution >= 0.6 is 10.7 Å². The van der Waals surface area contributed by atoms with Crippen molar-refractivity contribution in [2.75, 3.05) is 24.7 Å². The molecule has 7 heteroatoms. The van der Waals surface area contributed by atoms with Crippen LogP contribution in [0.5, 0.6) is 0 Å². The molecule has 1 aromatic carbocycles. The molecule has 0 bridgehead atoms. The minimum Gasteiger partial charge on any atom is -0.465 e. The molecule has 1 aromatic rings. The van der Waals surface area contributed by atoms with E-state index >= 15 is 0 Å². The van der Waals surface area contributed by atoms with Gasteiger partial charge in [-0.25, -0.2) is 13.2 Å². The fourth-order valence-electron chi connectivity index (χ4n) is 1.55. The molecule has 1 N–H and O–H groups in total. The first-order chi connectivity index (χ1) is 8.94. The van der Waals surface area contributed by atoms with Gasteiger partial charge >= 0.3 is 5.97 Å². The van der Waals surface area contributed by atoms with Gasteiger partial charge in [0, 0.05) is 22.9 Å². The number of nitrogens with one attached hydrogen (secondary N) is 1. The van der Waals surface area contributed by atoms with Gasteiger partial charge in [0.05, 0.1) is 18.4 Å². The summed E-state index contributed by atoms with van der Waals surface area (Å²) in [5.41, 5.74) is 1.12. The van der Waals surface area contributed by atoms with Crippen LogP contribution in [-0.4, -0.2) is 33.8 Å². The number of halogens is 1. The normalized spacial score (nSPS) is 11.1. The molecule has 0 atom stereocenters. The number of anilines is 1. The molecule has 0 spiro atoms. The van der Waals surface area contributed by atoms with E-state index in [2.05, 4.69) is 10.1 Å². The number of carbonyl (C=O) groups excluding carboxylic acids is 1. The van der Waals surface area contributed by atoms with Crippen molar-refractivity contribution in [1.29, 1.82) is 0 Å². The second kappa shape index (κ2) is 7.35. The number of esters is 1. The number of para-hydroxylation sites is 1. The molecule has 0 aliphatic carbocycles. The summed E-state index contributed by atoms with van der Waals surface area (Å²) in [4.78, 5) is 11.5. The Morgan fingerprint density at radius 3 is 2.63 bits per heavy atom. The van der Waals surface area contributed by atoms with Crippen LogP contribution in [0, 0.1) is 0 Å². The predicted molar refractivity (Wildman–Crippen MR) is 75.1 cm³/mol. The molecule has 19 heavy (non-hydrogen) atoms. The van der Waals surface area contributed by atoms with Gasteiger partial charge in [0.2, 0.25) is 9.05 Å². The summed E-state index contributed by atoms with van der Waals surface area (Å²) >= 11 is 0. The maximum absolute atomic E-state index is 11.5. The molecular formula is C12H16ClNO4S. The molecule has 0 saturated carbocycles. The summed E-state index contributed by atoms with van der Waals surface area (Å²) < 4.78 is 26.1. The third kappa shape index (κ3) is 5.94. The highest BCUT2D eigenvalue weighted by molar-refractivity contribution is 8.13. The predicted octanol–water partition coefficient (Wildman–Crippen LogP) is 2.23. The summed E-state index contributed by atoms with van der Waals surface area (Å²) in [7, 11) is 3.00. The van der Waals surface area contributed by atoms with Crippen molar-refractivity contribution in [3.05, 3.63) is 29.8 Å². The fourth-order valence-corrected chi connectivity index (χ4v) is 2.42. The second-order valence-corrected chi connectivity index (χ2v) is 6.81. The lowest BCUT2D eigenvalue weighted by Gasteiger charge is -2.10. The molecule has 106 valence electrons. The van der Waals surface area contributed by atoms with Crippen LogP contribution in [0.1, 0.15) is 23.2 Å². The van der Waals surface area contributed by atoms with Crippen LogP contribution in [-0.2, 0) is 13.8 Å². The molecule has 0 radical (unpaired) electrons. The quantitative estimate of drug-likeness (QED) is 0.475. The molecule has 0 aliphatic rings. The average molecular weight is 306 g/mol. The van der Waals surface area contributed by atoms with E-state index in [9.17, 15) is 13.2 Å². The number of rotatable bonds is 7. The van der Waals surface area contributed by atoms with Gasteiger partial charge in [-0.1, -0.05) is 12.1 Å². The number of carbonyl (C=O) groups is 1. The van der Waals surface area contributed by atoms with E-state index in [0.717, 1.165) is 0 Å². The Hall–Kier alpha value is -1.27. The lowest BCUT2D eigenvalue weighted by Crippen LogP contribution is -2.10. The number of benzene rings is 1. The highest BCUT2D eigenvalue weighted by Gasteiger charge is 2.10. The smallest absolute Gasteiger partial charge is 0.339 e. The monoisotopic (exact) mass is 305 g/mol. The van der Waals surface area contributed by atoms with Gasteiger partial charge in [-0.3, -0.25) is 0 Å². The molecular weight excluding hydrogens is 290 g/mol. The van der Waals surface area contributed by atoms with Crippen molar-refractivity contribution in [3.63, 3.8) is 0 Å². The van der Waals surface area contributed by atoms with Crippen molar-refractivity contribution in [2.45, 2.75) is 12.8 Å². The minimum atomic E-state index is -3.42. The maximum atomic E-state index is 11.5. The molecule has 0 amide bonds. The van der Waals surface area contributed by atoms with Crippen molar-refractivity contribution in [2.24, 2.45) is 0 Å². The summed E-state index contributed by atoms with van der Waals surface area (Å²) in [6.07, 6.45) is 1.11. The first-order valence-electron chi connectivity index (χ1n) is 5.77. The molecule has 0 heterocycles. The topological polar surface area (TPSA) is 72.5 Å². The van der Waals surface area contributed by atoms with E-state index < -0.39 is 15.0 Å². The first-order valence-corrected chi connectivity index (χ1v) is 8.25. The minimum absolute atomic E-state index is 0.0467. The molecule has 0 saturated heterocycles. The standard InChI is InChI=1S/C12H16ClNO4S/c1-18-12(15)10-6-2-3-7-11(10)14-8-4-5-9-19(13,16)17/h2-3,6-7,14H,4-5,8-9H2,1H3. The zero-order chi connectivity index (χ0) is 14.3. The zero-order valence-electron chi connectivity index (χ0n) is 10.6. The van der Waals surface area contributed by atoms with Gasteiger partial charge in [0.15, 0.2) is 0 Å². The highest BCUT2D eigenvalue weighted by atomic mass is 35.7. The van der Waals surface area contributed by atoms with Crippen molar-refractivity contribution in [1.82, 2.24) is 0 Å². The Kier molecular flexibility index (Phi) is 6.11. The van der Waals surface area contributed by atoms with E-state index in [1.54, 1.807) is 24.3 Å². The second-order valence-electron chi connectivity index (χ2n) is 3.91. The molecule has 0 aliphatic heterocycles. The Bertz CT molecular complexity index is 530. The summed E-state index contributed by atoms with van der Waals surface area (Å²) in [5.74, 6) is -0.457. The number of unbranched alkanes of at least 4 members (excludes halogenated alkanes) is 1. The maximum Gasteiger partial charge on any atom is 0.339 e. The van der Waals surface area contributed by atoms with Gasteiger partial charge in [-0.15, -0.1) is 0 Å². The first kappa shape index (κ1) is 15.8. The molecule has 0 aromatic heterocycles. The lowest BCUT2D eigenvalue weighted by molar-refractivity contribution is 0.0602. The van der Waals surface area contributed by atoms with Crippen LogP contribution in [0.15, 0.2) is 24.3 Å². The van der Waals surface area contributed by atoms with Crippen LogP contribution in [0.4, 0.5) is 5.69 Å². The van der Waals surface area contributed by atoms with Crippen LogP contribution in [0.25, 0.3) is 0 Å². The van der Waals surface area contributed by atoms with Crippen LogP contribution in [0.3, 0.4) is 0 Å². The molecule has 0 unspecified atom stereocenters. The van der Waals surface area contributed by atoms with Gasteiger partial charge in [0.25, 0.3) is 0 Å². The highest BCUT2D eigenvalue weighted by Crippen LogP contribution is 2.16. The van der Waals surface area contributed by atoms with Gasteiger partial charge in [-0.2, -0.15) is 0 Å². The Morgan fingerprint density at radius 2 is 2.00 bits per heavy atom. The number of hydrogen-bond donors (Lipinski definition) is 1. The molecule has 0 fully saturated rings. The van der Waals surface area contributed by atoms with Gasteiger partial charge in [-0.05, 0) is 25.0 Å². The van der Waals surface area contributed by atoms with E-state index in [1.807, 2.05) is 0 Å². The van der Waals surface area contributed by atoms with E-state index in [1.165, 1.54) is 7.11 Å². The van der Waals surface area contributed by atoms with Gasteiger partial charge < -0.3 is 10.1 Å². The summed E-state index contributed by atoms with van der Waals surface area (Å²) in [5, 5.41) is 3.08. The largest absolute Gasteiger partial charge is 0.465 e. The zero-order valence-corrected chi connectivity index (χ0v) is 12.1. The SMILES string of the molecule is COC(=O)c1ccccc1NCCCCS(=O)(=O)Cl. The van der Waals surface area contributed by atoms with Gasteiger partial charge in [0.1, 0.15) is 0 Å². The van der Waals surface area contributed by atoms with Crippen LogP contribution < -0.4 is 5.32 Å². The molecule has 5 nitrogen and oxygen atoms in total. The lowest BCUT2D eigenvalue weighted by atomic mass is 10.1. The third-order valence-corrected chi connectivity index (χ3v) is 3.70. The fraction of sp³-hybridized carbons (Fsp3) is 0.417. The number of ether oxygens (including phenoxy) is 1.